The van der Waals surface area contributed by atoms with Crippen LogP contribution >= 0.6 is 0 Å². The lowest BCUT2D eigenvalue weighted by Gasteiger charge is -2.31. The van der Waals surface area contributed by atoms with Gasteiger partial charge in [-0.15, -0.1) is 0 Å². The molecule has 2 N–H and O–H groups in total. The molecule has 0 aromatic heterocycles. The predicted molar refractivity (Wildman–Crippen MR) is 72.9 cm³/mol. The summed E-state index contributed by atoms with van der Waals surface area (Å²) in [6.45, 7) is 0. The van der Waals surface area contributed by atoms with Crippen LogP contribution in [0.5, 0.6) is 0 Å². The third kappa shape index (κ3) is 2.15. The van der Waals surface area contributed by atoms with Gasteiger partial charge in [0.25, 0.3) is 0 Å². The molecule has 4 nitrogen and oxygen atoms in total. The number of halogens is 2. The van der Waals surface area contributed by atoms with Crippen LogP contribution in [0.2, 0.25) is 0 Å². The van der Waals surface area contributed by atoms with Crippen molar-refractivity contribution in [3.8, 4) is 6.07 Å². The van der Waals surface area contributed by atoms with Crippen LogP contribution in [0.3, 0.4) is 0 Å². The molecule has 1 aromatic rings. The van der Waals surface area contributed by atoms with Crippen molar-refractivity contribution < 1.29 is 18.3 Å². The van der Waals surface area contributed by atoms with Crippen molar-refractivity contribution in [1.82, 2.24) is 0 Å². The van der Waals surface area contributed by atoms with Gasteiger partial charge in [-0.25, -0.2) is 8.78 Å². The maximum atomic E-state index is 14.2. The van der Waals surface area contributed by atoms with Gasteiger partial charge in [-0.3, -0.25) is 4.79 Å². The molecule has 0 saturated heterocycles. The van der Waals surface area contributed by atoms with Gasteiger partial charge in [-0.1, -0.05) is 6.07 Å². The molecule has 1 heterocycles. The van der Waals surface area contributed by atoms with Crippen LogP contribution in [-0.2, 0) is 9.53 Å². The number of nitrogens with zero attached hydrogens (tertiary/aromatic N) is 1. The van der Waals surface area contributed by atoms with Gasteiger partial charge in [0.1, 0.15) is 29.0 Å². The van der Waals surface area contributed by atoms with E-state index in [9.17, 15) is 18.8 Å². The number of Topliss-reactive ketones (excluding diaryl/α,β-unsaturated/α-hetero) is 1. The van der Waals surface area contributed by atoms with Crippen LogP contribution < -0.4 is 5.73 Å². The number of hydrogen-bond acceptors (Lipinski definition) is 4. The molecule has 0 saturated carbocycles. The average Bonchev–Trinajstić information content (AvgIpc) is 2.46. The predicted octanol–water partition coefficient (Wildman–Crippen LogP) is 2.78. The van der Waals surface area contributed by atoms with E-state index in [0.717, 1.165) is 12.1 Å². The number of carbonyl (C=O) groups is 1. The van der Waals surface area contributed by atoms with Gasteiger partial charge in [0.15, 0.2) is 5.78 Å². The Hall–Kier alpha value is -2.68. The zero-order valence-corrected chi connectivity index (χ0v) is 11.5. The van der Waals surface area contributed by atoms with Crippen LogP contribution in [0.25, 0.3) is 0 Å². The molecule has 0 bridgehead atoms. The van der Waals surface area contributed by atoms with Crippen molar-refractivity contribution in [3.05, 3.63) is 58.2 Å². The molecule has 1 atom stereocenters. The molecule has 1 aromatic carbocycles. The molecule has 0 radical (unpaired) electrons. The lowest BCUT2D eigenvalue weighted by molar-refractivity contribution is -0.116. The minimum absolute atomic E-state index is 0.0282. The maximum Gasteiger partial charge on any atom is 0.205 e. The normalized spacial score (nSPS) is 21.3. The summed E-state index contributed by atoms with van der Waals surface area (Å²) in [5.41, 5.74) is 6.01. The second kappa shape index (κ2) is 5.26. The van der Waals surface area contributed by atoms with Gasteiger partial charge in [0.2, 0.25) is 5.88 Å². The van der Waals surface area contributed by atoms with Crippen molar-refractivity contribution in [3.63, 3.8) is 0 Å². The largest absolute Gasteiger partial charge is 0.444 e. The van der Waals surface area contributed by atoms with Crippen molar-refractivity contribution in [2.24, 2.45) is 5.73 Å². The Kier molecular flexibility index (Phi) is 3.41. The fraction of sp³-hybridized carbons (Fsp3) is 0.250. The number of benzene rings is 1. The molecule has 1 aliphatic heterocycles. The first kappa shape index (κ1) is 14.3. The second-order valence-electron chi connectivity index (χ2n) is 5.20. The summed E-state index contributed by atoms with van der Waals surface area (Å²) in [6, 6.07) is 4.93. The number of ether oxygens (including phenoxy) is 1. The van der Waals surface area contributed by atoms with E-state index in [-0.39, 0.29) is 28.4 Å². The Labute approximate surface area is 125 Å². The number of allylic oxidation sites excluding steroid dienone is 3. The van der Waals surface area contributed by atoms with E-state index < -0.39 is 17.6 Å². The first-order valence-corrected chi connectivity index (χ1v) is 6.81. The molecular weight excluding hydrogens is 290 g/mol. The van der Waals surface area contributed by atoms with E-state index in [0.29, 0.717) is 25.0 Å². The van der Waals surface area contributed by atoms with E-state index in [1.165, 1.54) is 6.07 Å². The summed E-state index contributed by atoms with van der Waals surface area (Å²) in [5.74, 6) is -2.45. The summed E-state index contributed by atoms with van der Waals surface area (Å²) < 4.78 is 32.7. The Bertz CT molecular complexity index is 775. The Morgan fingerprint density at radius 3 is 2.77 bits per heavy atom. The van der Waals surface area contributed by atoms with Gasteiger partial charge >= 0.3 is 0 Å². The van der Waals surface area contributed by atoms with Crippen molar-refractivity contribution in [2.75, 3.05) is 0 Å². The van der Waals surface area contributed by atoms with Crippen LogP contribution in [0.4, 0.5) is 8.78 Å². The second-order valence-corrected chi connectivity index (χ2v) is 5.20. The molecule has 3 rings (SSSR count). The van der Waals surface area contributed by atoms with E-state index >= 15 is 0 Å². The summed E-state index contributed by atoms with van der Waals surface area (Å²) in [5, 5.41) is 9.32. The topological polar surface area (TPSA) is 76.1 Å². The smallest absolute Gasteiger partial charge is 0.205 e. The average molecular weight is 302 g/mol. The van der Waals surface area contributed by atoms with Crippen molar-refractivity contribution in [2.45, 2.75) is 25.2 Å². The van der Waals surface area contributed by atoms with Gasteiger partial charge in [-0.05, 0) is 12.5 Å². The molecular formula is C16H12F2N2O2. The number of hydrogen-bond donors (Lipinski definition) is 1. The number of nitrogens with two attached hydrogens (primary N) is 1. The summed E-state index contributed by atoms with van der Waals surface area (Å²) >= 11 is 0. The van der Waals surface area contributed by atoms with E-state index in [1.54, 1.807) is 0 Å². The lowest BCUT2D eigenvalue weighted by Crippen LogP contribution is -2.27. The first-order valence-electron chi connectivity index (χ1n) is 6.81. The highest BCUT2D eigenvalue weighted by atomic mass is 19.1. The zero-order chi connectivity index (χ0) is 15.9. The Balaban J connectivity index is 2.22. The van der Waals surface area contributed by atoms with Crippen LogP contribution in [-0.4, -0.2) is 5.78 Å². The third-order valence-electron chi connectivity index (χ3n) is 3.88. The third-order valence-corrected chi connectivity index (χ3v) is 3.88. The number of ketones is 1. The minimum atomic E-state index is -0.942. The minimum Gasteiger partial charge on any atom is -0.444 e. The summed E-state index contributed by atoms with van der Waals surface area (Å²) in [6.07, 6.45) is 1.42. The quantitative estimate of drug-likeness (QED) is 0.865. The molecule has 0 amide bonds. The molecule has 6 heteroatoms. The Morgan fingerprint density at radius 2 is 2.09 bits per heavy atom. The standard InChI is InChI=1S/C16H12F2N2O2/c17-8-4-5-9(11(18)6-8)14-10(7-19)16(20)22-13-3-1-2-12(21)15(13)14/h4-6,14H,1-3,20H2/t14-/m0/s1. The highest BCUT2D eigenvalue weighted by Crippen LogP contribution is 2.43. The van der Waals surface area contributed by atoms with E-state index in [2.05, 4.69) is 0 Å². The van der Waals surface area contributed by atoms with E-state index in [1.807, 2.05) is 6.07 Å². The molecule has 0 unspecified atom stereocenters. The van der Waals surface area contributed by atoms with Gasteiger partial charge < -0.3 is 10.5 Å². The fourth-order valence-corrected chi connectivity index (χ4v) is 2.90. The molecule has 0 spiro atoms. The zero-order valence-electron chi connectivity index (χ0n) is 11.5. The SMILES string of the molecule is N#CC1=C(N)OC2=C(C(=O)CCC2)[C@H]1c1ccc(F)cc1F. The van der Waals surface area contributed by atoms with Gasteiger partial charge in [0.05, 0.1) is 5.92 Å². The number of nitriles is 1. The summed E-state index contributed by atoms with van der Waals surface area (Å²) in [7, 11) is 0. The highest BCUT2D eigenvalue weighted by molar-refractivity contribution is 5.99. The number of rotatable bonds is 1. The monoisotopic (exact) mass is 302 g/mol. The van der Waals surface area contributed by atoms with Crippen LogP contribution in [0, 0.1) is 23.0 Å². The van der Waals surface area contributed by atoms with E-state index in [4.69, 9.17) is 10.5 Å². The molecule has 22 heavy (non-hydrogen) atoms. The molecule has 1 aliphatic carbocycles. The Morgan fingerprint density at radius 1 is 1.32 bits per heavy atom. The van der Waals surface area contributed by atoms with Crippen LogP contribution in [0.15, 0.2) is 41.0 Å². The first-order chi connectivity index (χ1) is 10.5. The molecule has 2 aliphatic rings. The van der Waals surface area contributed by atoms with Gasteiger partial charge in [0, 0.05) is 30.0 Å². The maximum absolute atomic E-state index is 14.2. The molecule has 112 valence electrons. The highest BCUT2D eigenvalue weighted by Gasteiger charge is 2.39. The summed E-state index contributed by atoms with van der Waals surface area (Å²) in [4.78, 5) is 12.3. The molecule has 0 fully saturated rings. The van der Waals surface area contributed by atoms with Crippen molar-refractivity contribution >= 4 is 5.78 Å². The lowest BCUT2D eigenvalue weighted by atomic mass is 9.77. The fourth-order valence-electron chi connectivity index (χ4n) is 2.90. The number of carbonyl (C=O) groups excluding carboxylic acids is 1. The van der Waals surface area contributed by atoms with Crippen molar-refractivity contribution in [1.29, 1.82) is 5.26 Å². The van der Waals surface area contributed by atoms with Gasteiger partial charge in [-0.2, -0.15) is 5.26 Å². The van der Waals surface area contributed by atoms with Crippen LogP contribution in [0.1, 0.15) is 30.7 Å².